The lowest BCUT2D eigenvalue weighted by molar-refractivity contribution is -0.0802. The lowest BCUT2D eigenvalue weighted by Gasteiger charge is -2.40. The van der Waals surface area contributed by atoms with Crippen LogP contribution in [-0.2, 0) is 4.74 Å². The summed E-state index contributed by atoms with van der Waals surface area (Å²) in [5.41, 5.74) is 0.154. The fourth-order valence-electron chi connectivity index (χ4n) is 3.52. The standard InChI is InChI=1S/C14H27NO/c1-3-16-14(10-6-4-5-7-11-14)13(15-2)12-8-9-12/h12-13,15H,3-11H2,1-2H3. The van der Waals surface area contributed by atoms with Gasteiger partial charge in [-0.05, 0) is 45.6 Å². The Labute approximate surface area is 100 Å². The molecule has 0 aliphatic heterocycles. The lowest BCUT2D eigenvalue weighted by Crippen LogP contribution is -2.52. The molecule has 1 N–H and O–H groups in total. The van der Waals surface area contributed by atoms with Gasteiger partial charge in [0, 0.05) is 12.6 Å². The molecule has 1 unspecified atom stereocenters. The monoisotopic (exact) mass is 225 g/mol. The van der Waals surface area contributed by atoms with Crippen molar-refractivity contribution in [2.75, 3.05) is 13.7 Å². The van der Waals surface area contributed by atoms with E-state index in [1.807, 2.05) is 0 Å². The van der Waals surface area contributed by atoms with Gasteiger partial charge in [0.2, 0.25) is 0 Å². The van der Waals surface area contributed by atoms with Crippen LogP contribution in [0.3, 0.4) is 0 Å². The summed E-state index contributed by atoms with van der Waals surface area (Å²) in [5, 5.41) is 3.56. The zero-order chi connectivity index (χ0) is 11.4. The van der Waals surface area contributed by atoms with Crippen LogP contribution in [0.25, 0.3) is 0 Å². The first kappa shape index (κ1) is 12.4. The molecule has 94 valence electrons. The molecule has 0 bridgehead atoms. The van der Waals surface area contributed by atoms with E-state index in [0.29, 0.717) is 6.04 Å². The van der Waals surface area contributed by atoms with Crippen molar-refractivity contribution in [3.05, 3.63) is 0 Å². The Morgan fingerprint density at radius 1 is 1.19 bits per heavy atom. The molecule has 0 aromatic carbocycles. The summed E-state index contributed by atoms with van der Waals surface area (Å²) in [6, 6.07) is 0.602. The Bertz CT molecular complexity index is 205. The zero-order valence-corrected chi connectivity index (χ0v) is 10.9. The summed E-state index contributed by atoms with van der Waals surface area (Å²) in [6.07, 6.45) is 10.8. The Morgan fingerprint density at radius 3 is 2.25 bits per heavy atom. The van der Waals surface area contributed by atoms with Gasteiger partial charge in [0.1, 0.15) is 0 Å². The van der Waals surface area contributed by atoms with Gasteiger partial charge in [0.25, 0.3) is 0 Å². The second-order valence-corrected chi connectivity index (χ2v) is 5.52. The molecule has 2 aliphatic carbocycles. The van der Waals surface area contributed by atoms with Gasteiger partial charge in [-0.3, -0.25) is 0 Å². The minimum absolute atomic E-state index is 0.154. The third-order valence-corrected chi connectivity index (χ3v) is 4.35. The Morgan fingerprint density at radius 2 is 1.81 bits per heavy atom. The number of ether oxygens (including phenoxy) is 1. The maximum absolute atomic E-state index is 6.24. The Hall–Kier alpha value is -0.0800. The normalized spacial score (nSPS) is 27.4. The molecule has 16 heavy (non-hydrogen) atoms. The molecular formula is C14H27NO. The summed E-state index contributed by atoms with van der Waals surface area (Å²) in [6.45, 7) is 3.01. The van der Waals surface area contributed by atoms with Crippen LogP contribution in [0.4, 0.5) is 0 Å². The molecule has 2 rings (SSSR count). The smallest absolute Gasteiger partial charge is 0.0837 e. The van der Waals surface area contributed by atoms with Crippen LogP contribution in [-0.4, -0.2) is 25.3 Å². The van der Waals surface area contributed by atoms with Crippen LogP contribution >= 0.6 is 0 Å². The molecule has 0 radical (unpaired) electrons. The summed E-state index contributed by atoms with van der Waals surface area (Å²) >= 11 is 0. The molecule has 0 spiro atoms. The van der Waals surface area contributed by atoms with Crippen molar-refractivity contribution in [3.8, 4) is 0 Å². The van der Waals surface area contributed by atoms with Crippen LogP contribution in [0.1, 0.15) is 58.3 Å². The van der Waals surface area contributed by atoms with Crippen molar-refractivity contribution in [2.24, 2.45) is 5.92 Å². The van der Waals surface area contributed by atoms with Crippen LogP contribution in [0.15, 0.2) is 0 Å². The van der Waals surface area contributed by atoms with Gasteiger partial charge in [-0.2, -0.15) is 0 Å². The Kier molecular flexibility index (Phi) is 4.26. The quantitative estimate of drug-likeness (QED) is 0.726. The van der Waals surface area contributed by atoms with Crippen LogP contribution in [0.2, 0.25) is 0 Å². The van der Waals surface area contributed by atoms with Crippen molar-refractivity contribution in [3.63, 3.8) is 0 Å². The number of hydrogen-bond acceptors (Lipinski definition) is 2. The van der Waals surface area contributed by atoms with E-state index in [-0.39, 0.29) is 5.60 Å². The molecule has 1 atom stereocenters. The third kappa shape index (κ3) is 2.60. The molecule has 2 nitrogen and oxygen atoms in total. The van der Waals surface area contributed by atoms with E-state index < -0.39 is 0 Å². The van der Waals surface area contributed by atoms with E-state index in [1.165, 1.54) is 51.4 Å². The summed E-state index contributed by atoms with van der Waals surface area (Å²) < 4.78 is 6.24. The molecule has 0 aromatic heterocycles. The van der Waals surface area contributed by atoms with E-state index in [1.54, 1.807) is 0 Å². The second kappa shape index (κ2) is 5.50. The molecule has 2 fully saturated rings. The summed E-state index contributed by atoms with van der Waals surface area (Å²) in [5.74, 6) is 0.884. The maximum atomic E-state index is 6.24. The van der Waals surface area contributed by atoms with Crippen LogP contribution in [0, 0.1) is 5.92 Å². The first-order valence-electron chi connectivity index (χ1n) is 7.13. The summed E-state index contributed by atoms with van der Waals surface area (Å²) in [7, 11) is 2.12. The molecular weight excluding hydrogens is 198 g/mol. The predicted molar refractivity (Wildman–Crippen MR) is 67.6 cm³/mol. The van der Waals surface area contributed by atoms with Gasteiger partial charge in [-0.1, -0.05) is 25.7 Å². The van der Waals surface area contributed by atoms with E-state index in [4.69, 9.17) is 4.74 Å². The highest BCUT2D eigenvalue weighted by Gasteiger charge is 2.46. The molecule has 2 aliphatic rings. The molecule has 0 amide bonds. The molecule has 2 saturated carbocycles. The molecule has 0 heterocycles. The number of hydrogen-bond donors (Lipinski definition) is 1. The highest BCUT2D eigenvalue weighted by atomic mass is 16.5. The van der Waals surface area contributed by atoms with Crippen molar-refractivity contribution < 1.29 is 4.74 Å². The van der Waals surface area contributed by atoms with Crippen LogP contribution < -0.4 is 5.32 Å². The minimum atomic E-state index is 0.154. The lowest BCUT2D eigenvalue weighted by atomic mass is 9.83. The predicted octanol–water partition coefficient (Wildman–Crippen LogP) is 3.11. The van der Waals surface area contributed by atoms with E-state index >= 15 is 0 Å². The van der Waals surface area contributed by atoms with Crippen molar-refractivity contribution in [1.29, 1.82) is 0 Å². The molecule has 2 heteroatoms. The topological polar surface area (TPSA) is 21.3 Å². The van der Waals surface area contributed by atoms with Crippen molar-refractivity contribution >= 4 is 0 Å². The largest absolute Gasteiger partial charge is 0.374 e. The number of likely N-dealkylation sites (N-methyl/N-ethyl adjacent to an activating group) is 1. The van der Waals surface area contributed by atoms with Gasteiger partial charge in [0.05, 0.1) is 5.60 Å². The number of rotatable bonds is 5. The molecule has 0 saturated heterocycles. The fraction of sp³-hybridized carbons (Fsp3) is 1.00. The minimum Gasteiger partial charge on any atom is -0.374 e. The van der Waals surface area contributed by atoms with E-state index in [0.717, 1.165) is 12.5 Å². The zero-order valence-electron chi connectivity index (χ0n) is 10.9. The SMILES string of the molecule is CCOC1(C(NC)C2CC2)CCCCCC1. The fourth-order valence-corrected chi connectivity index (χ4v) is 3.52. The van der Waals surface area contributed by atoms with Gasteiger partial charge >= 0.3 is 0 Å². The average molecular weight is 225 g/mol. The maximum Gasteiger partial charge on any atom is 0.0837 e. The first-order chi connectivity index (χ1) is 7.82. The average Bonchev–Trinajstić information content (AvgIpc) is 3.08. The Balaban J connectivity index is 2.09. The highest BCUT2D eigenvalue weighted by Crippen LogP contribution is 2.43. The van der Waals surface area contributed by atoms with E-state index in [2.05, 4.69) is 19.3 Å². The van der Waals surface area contributed by atoms with Gasteiger partial charge in [0.15, 0.2) is 0 Å². The highest BCUT2D eigenvalue weighted by molar-refractivity contribution is 5.01. The van der Waals surface area contributed by atoms with Gasteiger partial charge < -0.3 is 10.1 Å². The van der Waals surface area contributed by atoms with Crippen LogP contribution in [0.5, 0.6) is 0 Å². The van der Waals surface area contributed by atoms with E-state index in [9.17, 15) is 0 Å². The summed E-state index contributed by atoms with van der Waals surface area (Å²) in [4.78, 5) is 0. The van der Waals surface area contributed by atoms with Gasteiger partial charge in [-0.25, -0.2) is 0 Å². The molecule has 0 aromatic rings. The van der Waals surface area contributed by atoms with Gasteiger partial charge in [-0.15, -0.1) is 0 Å². The number of nitrogens with one attached hydrogen (secondary N) is 1. The van der Waals surface area contributed by atoms with Crippen molar-refractivity contribution in [2.45, 2.75) is 69.9 Å². The second-order valence-electron chi connectivity index (χ2n) is 5.52. The third-order valence-electron chi connectivity index (χ3n) is 4.35. The first-order valence-corrected chi connectivity index (χ1v) is 7.13. The van der Waals surface area contributed by atoms with Crippen molar-refractivity contribution in [1.82, 2.24) is 5.32 Å².